The topological polar surface area (TPSA) is 83.3 Å². The van der Waals surface area contributed by atoms with E-state index in [0.29, 0.717) is 42.4 Å². The molecule has 126 valence electrons. The molecule has 0 bridgehead atoms. The monoisotopic (exact) mass is 318 g/mol. The Balaban J connectivity index is 3.31. The van der Waals surface area contributed by atoms with E-state index in [0.717, 1.165) is 5.56 Å². The number of aliphatic hydroxyl groups excluding tert-OH is 1. The fourth-order valence-corrected chi connectivity index (χ4v) is 2.44. The van der Waals surface area contributed by atoms with Crippen LogP contribution in [0.2, 0.25) is 0 Å². The van der Waals surface area contributed by atoms with Gasteiger partial charge in [-0.25, -0.2) is 4.79 Å². The van der Waals surface area contributed by atoms with E-state index in [1.165, 1.54) is 0 Å². The number of hydrogen-bond donors (Lipinski definition) is 2. The summed E-state index contributed by atoms with van der Waals surface area (Å²) in [4.78, 5) is 11.3. The molecule has 5 nitrogen and oxygen atoms in total. The van der Waals surface area contributed by atoms with Gasteiger partial charge in [0.05, 0.1) is 0 Å². The average Bonchev–Trinajstić information content (AvgIpc) is 2.43. The lowest BCUT2D eigenvalue weighted by atomic mass is 9.94. The van der Waals surface area contributed by atoms with Gasteiger partial charge in [0.15, 0.2) is 5.69 Å². The maximum absolute atomic E-state index is 11.3. The van der Waals surface area contributed by atoms with Crippen LogP contribution in [0.3, 0.4) is 0 Å². The highest BCUT2D eigenvalue weighted by molar-refractivity contribution is 5.87. The summed E-state index contributed by atoms with van der Waals surface area (Å²) in [5, 5.41) is 27.0. The van der Waals surface area contributed by atoms with Crippen LogP contribution in [-0.4, -0.2) is 32.5 Å². The van der Waals surface area contributed by atoms with Crippen molar-refractivity contribution in [2.45, 2.75) is 60.0 Å². The molecule has 0 aliphatic heterocycles. The Morgan fingerprint density at radius 3 is 2.26 bits per heavy atom. The zero-order valence-corrected chi connectivity index (χ0v) is 14.6. The molecule has 0 saturated carbocycles. The number of aromatic carboxylic acids is 1. The van der Waals surface area contributed by atoms with Crippen LogP contribution in [0.4, 0.5) is 0 Å². The van der Waals surface area contributed by atoms with Crippen LogP contribution in [0.25, 0.3) is 0 Å². The highest BCUT2D eigenvalue weighted by Gasteiger charge is 2.19. The normalized spacial score (nSPS) is 12.2. The maximum Gasteiger partial charge on any atom is 0.356 e. The van der Waals surface area contributed by atoms with Crippen molar-refractivity contribution in [2.24, 2.45) is 11.8 Å². The van der Waals surface area contributed by atoms with Crippen LogP contribution in [0.15, 0.2) is 0 Å². The summed E-state index contributed by atoms with van der Waals surface area (Å²) in [7, 11) is 0. The van der Waals surface area contributed by atoms with Gasteiger partial charge < -0.3 is 10.2 Å². The van der Waals surface area contributed by atoms with Gasteiger partial charge in [-0.15, -0.1) is 10.2 Å². The lowest BCUT2D eigenvalue weighted by Crippen LogP contribution is -2.14. The Labute approximate surface area is 138 Å². The Hall–Kier alpha value is -1.93. The molecule has 1 atom stereocenters. The first-order chi connectivity index (χ1) is 10.8. The van der Waals surface area contributed by atoms with Gasteiger partial charge in [0.1, 0.15) is 11.8 Å². The molecule has 0 spiro atoms. The molecule has 0 amide bonds. The number of carbonyl (C=O) groups is 1. The van der Waals surface area contributed by atoms with Gasteiger partial charge in [0.25, 0.3) is 0 Å². The summed E-state index contributed by atoms with van der Waals surface area (Å²) in [5.41, 5.74) is 1.99. The van der Waals surface area contributed by atoms with Crippen molar-refractivity contribution in [3.8, 4) is 11.8 Å². The van der Waals surface area contributed by atoms with E-state index >= 15 is 0 Å². The zero-order valence-electron chi connectivity index (χ0n) is 14.6. The molecule has 1 unspecified atom stereocenters. The molecular weight excluding hydrogens is 292 g/mol. The second kappa shape index (κ2) is 8.64. The van der Waals surface area contributed by atoms with Gasteiger partial charge in [0, 0.05) is 0 Å². The minimum absolute atomic E-state index is 0.00331. The fourth-order valence-electron chi connectivity index (χ4n) is 2.44. The van der Waals surface area contributed by atoms with Crippen LogP contribution in [-0.2, 0) is 12.8 Å². The van der Waals surface area contributed by atoms with Crippen LogP contribution >= 0.6 is 0 Å². The molecule has 23 heavy (non-hydrogen) atoms. The highest BCUT2D eigenvalue weighted by atomic mass is 16.4. The molecule has 1 aromatic heterocycles. The average molecular weight is 318 g/mol. The Bertz CT molecular complexity index is 613. The van der Waals surface area contributed by atoms with E-state index in [2.05, 4.69) is 35.9 Å². The van der Waals surface area contributed by atoms with E-state index in [4.69, 9.17) is 0 Å². The van der Waals surface area contributed by atoms with Gasteiger partial charge in [-0.1, -0.05) is 40.5 Å². The third-order valence-electron chi connectivity index (χ3n) is 3.41. The summed E-state index contributed by atoms with van der Waals surface area (Å²) in [6, 6.07) is 0. The predicted octanol–water partition coefficient (Wildman–Crippen LogP) is 2.69. The summed E-state index contributed by atoms with van der Waals surface area (Å²) < 4.78 is 0. The van der Waals surface area contributed by atoms with Crippen molar-refractivity contribution in [3.63, 3.8) is 0 Å². The van der Waals surface area contributed by atoms with Gasteiger partial charge in [-0.05, 0) is 48.1 Å². The minimum atomic E-state index is -1.07. The molecule has 1 rings (SSSR count). The minimum Gasteiger partial charge on any atom is -0.476 e. The molecule has 5 heteroatoms. The summed E-state index contributed by atoms with van der Waals surface area (Å²) in [6.07, 6.45) is 1.12. The molecular formula is C18H26N2O3. The molecule has 0 aromatic carbocycles. The number of hydrogen-bond acceptors (Lipinski definition) is 4. The zero-order chi connectivity index (χ0) is 17.6. The third kappa shape index (κ3) is 5.65. The number of carboxylic acid groups (broad SMARTS) is 1. The van der Waals surface area contributed by atoms with E-state index in [1.54, 1.807) is 0 Å². The summed E-state index contributed by atoms with van der Waals surface area (Å²) >= 11 is 0. The van der Waals surface area contributed by atoms with Gasteiger partial charge in [0.2, 0.25) is 0 Å². The quantitative estimate of drug-likeness (QED) is 0.788. The number of carboxylic acids is 1. The summed E-state index contributed by atoms with van der Waals surface area (Å²) in [6.45, 7) is 10.1. The third-order valence-corrected chi connectivity index (χ3v) is 3.41. The summed E-state index contributed by atoms with van der Waals surface area (Å²) in [5.74, 6) is 5.32. The lowest BCUT2D eigenvalue weighted by molar-refractivity contribution is 0.0687. The van der Waals surface area contributed by atoms with Gasteiger partial charge in [-0.3, -0.25) is 0 Å². The van der Waals surface area contributed by atoms with Gasteiger partial charge in [-0.2, -0.15) is 0 Å². The standard InChI is InChI=1S/C18H26N2O3/c1-6-14-15(10-12(4)5)16(19-20-17(14)18(22)23)8-7-13(21)9-11(2)3/h11-13,21H,6,9-10H2,1-5H3,(H,22,23). The first kappa shape index (κ1) is 19.1. The number of rotatable bonds is 6. The first-order valence-electron chi connectivity index (χ1n) is 8.07. The van der Waals surface area contributed by atoms with Crippen molar-refractivity contribution in [1.29, 1.82) is 0 Å². The fraction of sp³-hybridized carbons (Fsp3) is 0.611. The van der Waals surface area contributed by atoms with E-state index in [-0.39, 0.29) is 5.69 Å². The predicted molar refractivity (Wildman–Crippen MR) is 89.3 cm³/mol. The van der Waals surface area contributed by atoms with Crippen molar-refractivity contribution < 1.29 is 15.0 Å². The van der Waals surface area contributed by atoms with Crippen LogP contribution in [0.5, 0.6) is 0 Å². The second-order valence-corrected chi connectivity index (χ2v) is 6.53. The van der Waals surface area contributed by atoms with E-state index < -0.39 is 12.1 Å². The van der Waals surface area contributed by atoms with Crippen molar-refractivity contribution in [2.75, 3.05) is 0 Å². The number of nitrogens with zero attached hydrogens (tertiary/aromatic N) is 2. The van der Waals surface area contributed by atoms with Crippen molar-refractivity contribution in [1.82, 2.24) is 10.2 Å². The number of aromatic nitrogens is 2. The Morgan fingerprint density at radius 1 is 1.13 bits per heavy atom. The van der Waals surface area contributed by atoms with Crippen molar-refractivity contribution >= 4 is 5.97 Å². The van der Waals surface area contributed by atoms with E-state index in [1.807, 2.05) is 20.8 Å². The van der Waals surface area contributed by atoms with Gasteiger partial charge >= 0.3 is 5.97 Å². The molecule has 0 saturated heterocycles. The van der Waals surface area contributed by atoms with Crippen molar-refractivity contribution in [3.05, 3.63) is 22.5 Å². The van der Waals surface area contributed by atoms with Crippen LogP contribution in [0.1, 0.15) is 68.3 Å². The second-order valence-electron chi connectivity index (χ2n) is 6.53. The molecule has 0 aliphatic carbocycles. The van der Waals surface area contributed by atoms with E-state index in [9.17, 15) is 15.0 Å². The lowest BCUT2D eigenvalue weighted by Gasteiger charge is -2.13. The molecule has 2 N–H and O–H groups in total. The van der Waals surface area contributed by atoms with Crippen LogP contribution in [0, 0.1) is 23.7 Å². The van der Waals surface area contributed by atoms with Crippen LogP contribution < -0.4 is 0 Å². The first-order valence-corrected chi connectivity index (χ1v) is 8.07. The molecule has 1 aromatic rings. The Morgan fingerprint density at radius 2 is 1.78 bits per heavy atom. The SMILES string of the molecule is CCc1c(C(=O)O)nnc(C#CC(O)CC(C)C)c1CC(C)C. The maximum atomic E-state index is 11.3. The smallest absolute Gasteiger partial charge is 0.356 e. The largest absolute Gasteiger partial charge is 0.476 e. The molecule has 0 radical (unpaired) electrons. The number of aliphatic hydroxyl groups is 1. The Kier molecular flexibility index (Phi) is 7.18. The highest BCUT2D eigenvalue weighted by Crippen LogP contribution is 2.20. The molecule has 0 fully saturated rings. The molecule has 1 heterocycles. The molecule has 0 aliphatic rings.